The van der Waals surface area contributed by atoms with E-state index in [2.05, 4.69) is 18.7 Å². The third kappa shape index (κ3) is 4.16. The van der Waals surface area contributed by atoms with Gasteiger partial charge in [-0.1, -0.05) is 13.8 Å². The van der Waals surface area contributed by atoms with Crippen LogP contribution in [-0.2, 0) is 4.79 Å². The number of allylic oxidation sites excluding steroid dienone is 1. The SMILES string of the molecule is CCN(/C=C/C(=O)C(C)C)CC. The second-order valence-electron chi connectivity index (χ2n) is 3.09. The number of carbonyl (C=O) groups excluding carboxylic acids is 1. The monoisotopic (exact) mass is 169 g/mol. The van der Waals surface area contributed by atoms with Crippen molar-refractivity contribution in [3.05, 3.63) is 12.3 Å². The summed E-state index contributed by atoms with van der Waals surface area (Å²) in [6.07, 6.45) is 3.54. The van der Waals surface area contributed by atoms with Crippen LogP contribution in [0, 0.1) is 5.92 Å². The van der Waals surface area contributed by atoms with Crippen LogP contribution in [0.2, 0.25) is 0 Å². The molecule has 0 rings (SSSR count). The predicted octanol–water partition coefficient (Wildman–Crippen LogP) is 2.07. The van der Waals surface area contributed by atoms with E-state index in [4.69, 9.17) is 0 Å². The van der Waals surface area contributed by atoms with Crippen molar-refractivity contribution in [2.75, 3.05) is 13.1 Å². The Labute approximate surface area is 75.3 Å². The molecular formula is C10H19NO. The van der Waals surface area contributed by atoms with Crippen LogP contribution in [0.4, 0.5) is 0 Å². The molecule has 12 heavy (non-hydrogen) atoms. The molecule has 0 fully saturated rings. The van der Waals surface area contributed by atoms with Crippen LogP contribution in [0.3, 0.4) is 0 Å². The number of hydrogen-bond donors (Lipinski definition) is 0. The van der Waals surface area contributed by atoms with Crippen molar-refractivity contribution in [1.82, 2.24) is 4.90 Å². The van der Waals surface area contributed by atoms with Crippen molar-refractivity contribution in [2.45, 2.75) is 27.7 Å². The van der Waals surface area contributed by atoms with Crippen LogP contribution in [0.5, 0.6) is 0 Å². The van der Waals surface area contributed by atoms with Gasteiger partial charge in [0.25, 0.3) is 0 Å². The Morgan fingerprint density at radius 1 is 1.33 bits per heavy atom. The summed E-state index contributed by atoms with van der Waals surface area (Å²) in [6, 6.07) is 0. The molecule has 0 aromatic heterocycles. The van der Waals surface area contributed by atoms with E-state index in [9.17, 15) is 4.79 Å². The van der Waals surface area contributed by atoms with E-state index in [1.54, 1.807) is 6.08 Å². The molecule has 0 radical (unpaired) electrons. The smallest absolute Gasteiger partial charge is 0.159 e. The van der Waals surface area contributed by atoms with Crippen molar-refractivity contribution in [3.63, 3.8) is 0 Å². The summed E-state index contributed by atoms with van der Waals surface area (Å²) in [5.74, 6) is 0.304. The lowest BCUT2D eigenvalue weighted by Gasteiger charge is -2.14. The Hall–Kier alpha value is -0.790. The largest absolute Gasteiger partial charge is 0.378 e. The first-order valence-electron chi connectivity index (χ1n) is 4.57. The third-order valence-corrected chi connectivity index (χ3v) is 1.83. The molecule has 0 aliphatic carbocycles. The van der Waals surface area contributed by atoms with Gasteiger partial charge in [0.05, 0.1) is 0 Å². The van der Waals surface area contributed by atoms with Crippen molar-refractivity contribution < 1.29 is 4.79 Å². The zero-order valence-corrected chi connectivity index (χ0v) is 8.50. The number of hydrogen-bond acceptors (Lipinski definition) is 2. The highest BCUT2D eigenvalue weighted by Crippen LogP contribution is 1.96. The first-order chi connectivity index (χ1) is 5.61. The fourth-order valence-electron chi connectivity index (χ4n) is 0.806. The van der Waals surface area contributed by atoms with Gasteiger partial charge in [-0.3, -0.25) is 4.79 Å². The minimum Gasteiger partial charge on any atom is -0.378 e. The van der Waals surface area contributed by atoms with E-state index >= 15 is 0 Å². The first-order valence-corrected chi connectivity index (χ1v) is 4.57. The van der Waals surface area contributed by atoms with Gasteiger partial charge in [0.15, 0.2) is 5.78 Å². The zero-order valence-electron chi connectivity index (χ0n) is 8.50. The Bertz CT molecular complexity index is 157. The molecule has 2 nitrogen and oxygen atoms in total. The number of rotatable bonds is 5. The lowest BCUT2D eigenvalue weighted by Crippen LogP contribution is -2.16. The first kappa shape index (κ1) is 11.2. The summed E-state index contributed by atoms with van der Waals surface area (Å²) >= 11 is 0. The van der Waals surface area contributed by atoms with Gasteiger partial charge in [0.1, 0.15) is 0 Å². The minimum atomic E-state index is 0.108. The van der Waals surface area contributed by atoms with Gasteiger partial charge in [0, 0.05) is 25.2 Å². The fourth-order valence-corrected chi connectivity index (χ4v) is 0.806. The van der Waals surface area contributed by atoms with Gasteiger partial charge < -0.3 is 4.90 Å². The Balaban J connectivity index is 3.95. The number of nitrogens with zero attached hydrogens (tertiary/aromatic N) is 1. The summed E-state index contributed by atoms with van der Waals surface area (Å²) < 4.78 is 0. The predicted molar refractivity (Wildman–Crippen MR) is 51.9 cm³/mol. The van der Waals surface area contributed by atoms with Gasteiger partial charge >= 0.3 is 0 Å². The highest BCUT2D eigenvalue weighted by atomic mass is 16.1. The molecule has 70 valence electrons. The third-order valence-electron chi connectivity index (χ3n) is 1.83. The van der Waals surface area contributed by atoms with Crippen LogP contribution >= 0.6 is 0 Å². The molecule has 0 amide bonds. The molecule has 0 aliphatic rings. The van der Waals surface area contributed by atoms with E-state index in [-0.39, 0.29) is 11.7 Å². The summed E-state index contributed by atoms with van der Waals surface area (Å²) in [6.45, 7) is 9.89. The molecule has 0 unspecified atom stereocenters. The Kier molecular flexibility index (Phi) is 5.43. The van der Waals surface area contributed by atoms with Crippen LogP contribution in [0.25, 0.3) is 0 Å². The van der Waals surface area contributed by atoms with E-state index in [1.807, 2.05) is 20.0 Å². The maximum atomic E-state index is 11.2. The van der Waals surface area contributed by atoms with E-state index in [1.165, 1.54) is 0 Å². The van der Waals surface area contributed by atoms with Gasteiger partial charge in [-0.25, -0.2) is 0 Å². The minimum absolute atomic E-state index is 0.108. The normalized spacial score (nSPS) is 11.1. The molecule has 0 saturated heterocycles. The van der Waals surface area contributed by atoms with Crippen LogP contribution in [0.15, 0.2) is 12.3 Å². The maximum absolute atomic E-state index is 11.2. The van der Waals surface area contributed by atoms with E-state index in [0.29, 0.717) is 0 Å². The molecule has 0 aliphatic heterocycles. The average Bonchev–Trinajstić information content (AvgIpc) is 2.05. The van der Waals surface area contributed by atoms with Gasteiger partial charge in [-0.2, -0.15) is 0 Å². The lowest BCUT2D eigenvalue weighted by atomic mass is 10.1. The van der Waals surface area contributed by atoms with Crippen LogP contribution in [-0.4, -0.2) is 23.8 Å². The second kappa shape index (κ2) is 5.81. The summed E-state index contributed by atoms with van der Waals surface area (Å²) in [4.78, 5) is 13.3. The van der Waals surface area contributed by atoms with Crippen molar-refractivity contribution in [1.29, 1.82) is 0 Å². The molecule has 0 aromatic carbocycles. The molecule has 0 atom stereocenters. The van der Waals surface area contributed by atoms with Crippen LogP contribution in [0.1, 0.15) is 27.7 Å². The highest BCUT2D eigenvalue weighted by Gasteiger charge is 2.01. The van der Waals surface area contributed by atoms with Gasteiger partial charge in [0.2, 0.25) is 0 Å². The summed E-state index contributed by atoms with van der Waals surface area (Å²) in [5, 5.41) is 0. The van der Waals surface area contributed by atoms with Crippen LogP contribution < -0.4 is 0 Å². The quantitative estimate of drug-likeness (QED) is 0.587. The molecule has 0 spiro atoms. The molecule has 0 heterocycles. The molecule has 0 saturated carbocycles. The maximum Gasteiger partial charge on any atom is 0.159 e. The second-order valence-corrected chi connectivity index (χ2v) is 3.09. The molecule has 2 heteroatoms. The summed E-state index contributed by atoms with van der Waals surface area (Å²) in [7, 11) is 0. The molecule has 0 aromatic rings. The molecule has 0 bridgehead atoms. The van der Waals surface area contributed by atoms with Crippen molar-refractivity contribution >= 4 is 5.78 Å². The molecule has 0 N–H and O–H groups in total. The van der Waals surface area contributed by atoms with Crippen molar-refractivity contribution in [2.24, 2.45) is 5.92 Å². The zero-order chi connectivity index (χ0) is 9.56. The lowest BCUT2D eigenvalue weighted by molar-refractivity contribution is -0.117. The van der Waals surface area contributed by atoms with E-state index < -0.39 is 0 Å². The molecular weight excluding hydrogens is 150 g/mol. The standard InChI is InChI=1S/C10H19NO/c1-5-11(6-2)8-7-10(12)9(3)4/h7-9H,5-6H2,1-4H3/b8-7+. The number of carbonyl (C=O) groups is 1. The Morgan fingerprint density at radius 2 is 1.83 bits per heavy atom. The Morgan fingerprint density at radius 3 is 2.17 bits per heavy atom. The van der Waals surface area contributed by atoms with E-state index in [0.717, 1.165) is 13.1 Å². The highest BCUT2D eigenvalue weighted by molar-refractivity contribution is 5.90. The van der Waals surface area contributed by atoms with Gasteiger partial charge in [-0.15, -0.1) is 0 Å². The fraction of sp³-hybridized carbons (Fsp3) is 0.700. The topological polar surface area (TPSA) is 20.3 Å². The number of ketones is 1. The average molecular weight is 169 g/mol. The van der Waals surface area contributed by atoms with Gasteiger partial charge in [-0.05, 0) is 19.9 Å². The van der Waals surface area contributed by atoms with Crippen molar-refractivity contribution in [3.8, 4) is 0 Å². The summed E-state index contributed by atoms with van der Waals surface area (Å²) in [5.41, 5.74) is 0.